The molecule has 1 N–H and O–H groups in total. The van der Waals surface area contributed by atoms with Gasteiger partial charge in [0.2, 0.25) is 5.91 Å². The molecule has 1 unspecified atom stereocenters. The van der Waals surface area contributed by atoms with Crippen molar-refractivity contribution in [1.29, 1.82) is 0 Å². The molecule has 1 heterocycles. The lowest BCUT2D eigenvalue weighted by molar-refractivity contribution is -0.144. The van der Waals surface area contributed by atoms with Gasteiger partial charge in [-0.15, -0.1) is 0 Å². The van der Waals surface area contributed by atoms with Crippen molar-refractivity contribution in [1.82, 2.24) is 4.90 Å². The zero-order chi connectivity index (χ0) is 14.2. The number of aliphatic carboxylic acids is 1. The van der Waals surface area contributed by atoms with Crippen LogP contribution in [0, 0.1) is 13.8 Å². The van der Waals surface area contributed by atoms with E-state index in [4.69, 9.17) is 9.84 Å². The summed E-state index contributed by atoms with van der Waals surface area (Å²) in [6.45, 7) is 3.96. The maximum Gasteiger partial charge on any atom is 0.323 e. The number of amides is 1. The van der Waals surface area contributed by atoms with Crippen LogP contribution in [0.15, 0.2) is 12.1 Å². The number of rotatable bonds is 3. The molecule has 0 aliphatic carbocycles. The normalized spacial score (nSPS) is 16.7. The molecule has 5 nitrogen and oxygen atoms in total. The fourth-order valence-electron chi connectivity index (χ4n) is 2.22. The lowest BCUT2D eigenvalue weighted by Crippen LogP contribution is -2.36. The molecule has 0 radical (unpaired) electrons. The van der Waals surface area contributed by atoms with E-state index in [0.717, 1.165) is 22.4 Å². The highest BCUT2D eigenvalue weighted by Crippen LogP contribution is 2.36. The summed E-state index contributed by atoms with van der Waals surface area (Å²) in [5.41, 5.74) is 3.07. The predicted molar refractivity (Wildman–Crippen MR) is 69.4 cm³/mol. The quantitative estimate of drug-likeness (QED) is 0.893. The number of carboxylic acid groups (broad SMARTS) is 1. The smallest absolute Gasteiger partial charge is 0.323 e. The molecule has 1 aromatic carbocycles. The number of hydrogen-bond acceptors (Lipinski definition) is 3. The highest BCUT2D eigenvalue weighted by molar-refractivity contribution is 5.88. The molecule has 0 saturated heterocycles. The van der Waals surface area contributed by atoms with E-state index in [1.165, 1.54) is 11.9 Å². The topological polar surface area (TPSA) is 66.8 Å². The van der Waals surface area contributed by atoms with E-state index in [-0.39, 0.29) is 19.1 Å². The van der Waals surface area contributed by atoms with Crippen LogP contribution in [-0.2, 0) is 9.59 Å². The maximum absolute atomic E-state index is 12.2. The zero-order valence-corrected chi connectivity index (χ0v) is 11.3. The highest BCUT2D eigenvalue weighted by Gasteiger charge is 2.33. The summed E-state index contributed by atoms with van der Waals surface area (Å²) in [5, 5.41) is 8.73. The Bertz CT molecular complexity index is 538. The van der Waals surface area contributed by atoms with Gasteiger partial charge in [-0.25, -0.2) is 0 Å². The first kappa shape index (κ1) is 13.4. The number of aryl methyl sites for hydroxylation is 2. The summed E-state index contributed by atoms with van der Waals surface area (Å²) in [6.07, 6.45) is 0. The third-order valence-corrected chi connectivity index (χ3v) is 3.45. The van der Waals surface area contributed by atoms with Crippen molar-refractivity contribution in [3.05, 3.63) is 28.8 Å². The van der Waals surface area contributed by atoms with Gasteiger partial charge in [0, 0.05) is 12.6 Å². The number of carbonyl (C=O) groups excluding carboxylic acids is 1. The molecule has 1 aliphatic rings. The summed E-state index contributed by atoms with van der Waals surface area (Å²) in [5.74, 6) is -0.914. The molecule has 102 valence electrons. The van der Waals surface area contributed by atoms with Crippen LogP contribution in [0.3, 0.4) is 0 Å². The monoisotopic (exact) mass is 263 g/mol. The van der Waals surface area contributed by atoms with Gasteiger partial charge in [0.25, 0.3) is 0 Å². The second kappa shape index (κ2) is 4.91. The average molecular weight is 263 g/mol. The van der Waals surface area contributed by atoms with Crippen LogP contribution in [0.4, 0.5) is 0 Å². The van der Waals surface area contributed by atoms with Crippen LogP contribution in [-0.4, -0.2) is 42.1 Å². The fourth-order valence-corrected chi connectivity index (χ4v) is 2.22. The largest absolute Gasteiger partial charge is 0.492 e. The lowest BCUT2D eigenvalue weighted by atomic mass is 9.96. The highest BCUT2D eigenvalue weighted by atomic mass is 16.5. The van der Waals surface area contributed by atoms with Crippen molar-refractivity contribution < 1.29 is 19.4 Å². The van der Waals surface area contributed by atoms with Crippen molar-refractivity contribution in [2.45, 2.75) is 19.8 Å². The minimum absolute atomic E-state index is 0.218. The van der Waals surface area contributed by atoms with E-state index in [1.54, 1.807) is 0 Å². The molecule has 19 heavy (non-hydrogen) atoms. The molecule has 1 aliphatic heterocycles. The Kier molecular flexibility index (Phi) is 3.46. The first-order valence-corrected chi connectivity index (χ1v) is 6.11. The van der Waals surface area contributed by atoms with Crippen LogP contribution in [0.2, 0.25) is 0 Å². The summed E-state index contributed by atoms with van der Waals surface area (Å²) >= 11 is 0. The number of ether oxygens (including phenoxy) is 1. The molecule has 1 aromatic rings. The van der Waals surface area contributed by atoms with Crippen molar-refractivity contribution in [3.8, 4) is 5.75 Å². The Labute approximate surface area is 111 Å². The number of carboxylic acids is 1. The van der Waals surface area contributed by atoms with E-state index >= 15 is 0 Å². The van der Waals surface area contributed by atoms with Crippen LogP contribution in [0.25, 0.3) is 0 Å². The summed E-state index contributed by atoms with van der Waals surface area (Å²) in [6, 6.07) is 3.88. The lowest BCUT2D eigenvalue weighted by Gasteiger charge is -2.18. The van der Waals surface area contributed by atoms with Gasteiger partial charge >= 0.3 is 5.97 Å². The van der Waals surface area contributed by atoms with E-state index in [1.807, 2.05) is 26.0 Å². The van der Waals surface area contributed by atoms with E-state index in [0.29, 0.717) is 0 Å². The van der Waals surface area contributed by atoms with E-state index < -0.39 is 11.9 Å². The second-order valence-electron chi connectivity index (χ2n) is 4.93. The van der Waals surface area contributed by atoms with Crippen molar-refractivity contribution >= 4 is 11.9 Å². The molecule has 0 fully saturated rings. The third-order valence-electron chi connectivity index (χ3n) is 3.45. The summed E-state index contributed by atoms with van der Waals surface area (Å²) < 4.78 is 5.53. The summed E-state index contributed by atoms with van der Waals surface area (Å²) in [7, 11) is 1.50. The van der Waals surface area contributed by atoms with Gasteiger partial charge in [-0.2, -0.15) is 0 Å². The molecular weight excluding hydrogens is 246 g/mol. The Balaban J connectivity index is 2.24. The number of hydrogen-bond donors (Lipinski definition) is 1. The van der Waals surface area contributed by atoms with Crippen molar-refractivity contribution in [2.75, 3.05) is 20.2 Å². The maximum atomic E-state index is 12.2. The molecule has 5 heteroatoms. The second-order valence-corrected chi connectivity index (χ2v) is 4.93. The van der Waals surface area contributed by atoms with Gasteiger partial charge in [0.1, 0.15) is 24.8 Å². The van der Waals surface area contributed by atoms with Gasteiger partial charge < -0.3 is 14.7 Å². The van der Waals surface area contributed by atoms with E-state index in [2.05, 4.69) is 0 Å². The minimum atomic E-state index is -1.02. The van der Waals surface area contributed by atoms with Crippen LogP contribution in [0.5, 0.6) is 5.75 Å². The number of likely N-dealkylation sites (N-methyl/N-ethyl adjacent to an activating group) is 1. The first-order valence-electron chi connectivity index (χ1n) is 6.11. The number of fused-ring (bicyclic) bond motifs is 1. The Morgan fingerprint density at radius 3 is 2.63 bits per heavy atom. The Morgan fingerprint density at radius 2 is 2.00 bits per heavy atom. The molecular formula is C14H17NO4. The first-order chi connectivity index (χ1) is 8.90. The Hall–Kier alpha value is -2.04. The summed E-state index contributed by atoms with van der Waals surface area (Å²) in [4.78, 5) is 24.1. The van der Waals surface area contributed by atoms with Crippen molar-refractivity contribution in [3.63, 3.8) is 0 Å². The van der Waals surface area contributed by atoms with Gasteiger partial charge in [-0.3, -0.25) is 9.59 Å². The molecule has 2 rings (SSSR count). The number of nitrogens with zero attached hydrogens (tertiary/aromatic N) is 1. The molecule has 0 spiro atoms. The van der Waals surface area contributed by atoms with Crippen LogP contribution in [0.1, 0.15) is 22.6 Å². The molecule has 0 saturated carbocycles. The standard InChI is InChI=1S/C14H17NO4/c1-8-4-10-11(7-19-12(10)5-9(8)2)14(18)15(3)6-13(16)17/h4-5,11H,6-7H2,1-3H3,(H,16,17). The van der Waals surface area contributed by atoms with Crippen LogP contribution >= 0.6 is 0 Å². The average Bonchev–Trinajstić information content (AvgIpc) is 2.70. The van der Waals surface area contributed by atoms with Gasteiger partial charge in [0.15, 0.2) is 0 Å². The molecule has 1 amide bonds. The molecule has 1 atom stereocenters. The Morgan fingerprint density at radius 1 is 1.37 bits per heavy atom. The van der Waals surface area contributed by atoms with Gasteiger partial charge in [0.05, 0.1) is 0 Å². The molecule has 0 aromatic heterocycles. The fraction of sp³-hybridized carbons (Fsp3) is 0.429. The number of carbonyl (C=O) groups is 2. The predicted octanol–water partition coefficient (Wildman–Crippen LogP) is 1.32. The SMILES string of the molecule is Cc1cc2c(cc1C)C(C(=O)N(C)CC(=O)O)CO2. The van der Waals surface area contributed by atoms with Crippen LogP contribution < -0.4 is 4.74 Å². The van der Waals surface area contributed by atoms with Crippen molar-refractivity contribution in [2.24, 2.45) is 0 Å². The molecule has 0 bridgehead atoms. The third kappa shape index (κ3) is 2.54. The van der Waals surface area contributed by atoms with E-state index in [9.17, 15) is 9.59 Å². The van der Waals surface area contributed by atoms with Gasteiger partial charge in [-0.1, -0.05) is 6.07 Å². The number of benzene rings is 1. The zero-order valence-electron chi connectivity index (χ0n) is 11.3. The van der Waals surface area contributed by atoms with Gasteiger partial charge in [-0.05, 0) is 31.0 Å². The minimum Gasteiger partial charge on any atom is -0.492 e.